The molecule has 3 aromatic rings. The summed E-state index contributed by atoms with van der Waals surface area (Å²) in [5.74, 6) is -0.243. The fourth-order valence-corrected chi connectivity index (χ4v) is 3.69. The van der Waals surface area contributed by atoms with Gasteiger partial charge in [0.05, 0.1) is 5.56 Å². The zero-order valence-corrected chi connectivity index (χ0v) is 14.9. The Balaban J connectivity index is 1.97. The van der Waals surface area contributed by atoms with E-state index in [1.54, 1.807) is 24.5 Å². The number of hydrogen-bond acceptors (Lipinski definition) is 4. The molecule has 0 bridgehead atoms. The summed E-state index contributed by atoms with van der Waals surface area (Å²) in [7, 11) is 0. The van der Waals surface area contributed by atoms with E-state index in [9.17, 15) is 10.1 Å². The number of aryl methyl sites for hydroxylation is 2. The van der Waals surface area contributed by atoms with E-state index >= 15 is 0 Å². The highest BCUT2D eigenvalue weighted by molar-refractivity contribution is 7.17. The van der Waals surface area contributed by atoms with Crippen LogP contribution in [0, 0.1) is 18.3 Å². The van der Waals surface area contributed by atoms with Crippen LogP contribution in [0.5, 0.6) is 0 Å². The summed E-state index contributed by atoms with van der Waals surface area (Å²) in [5, 5.41) is 13.1. The number of amides is 1. The van der Waals surface area contributed by atoms with Crippen molar-refractivity contribution in [1.82, 2.24) is 4.98 Å². The monoisotopic (exact) mass is 347 g/mol. The number of hydrogen-bond donors (Lipinski definition) is 1. The number of nitriles is 1. The molecule has 3 rings (SSSR count). The zero-order valence-electron chi connectivity index (χ0n) is 14.0. The van der Waals surface area contributed by atoms with E-state index in [-0.39, 0.29) is 5.91 Å². The SMILES string of the molecule is CCc1ccc(-c2c(C)sc(NC(=O)c3ccncc3)c2C#N)cc1. The summed E-state index contributed by atoms with van der Waals surface area (Å²) in [6, 6.07) is 13.7. The maximum absolute atomic E-state index is 12.4. The maximum atomic E-state index is 12.4. The van der Waals surface area contributed by atoms with Gasteiger partial charge in [0, 0.05) is 28.4 Å². The molecule has 0 aliphatic carbocycles. The van der Waals surface area contributed by atoms with Gasteiger partial charge in [-0.05, 0) is 36.6 Å². The molecule has 0 spiro atoms. The summed E-state index contributed by atoms with van der Waals surface area (Å²) >= 11 is 1.42. The Morgan fingerprint density at radius 2 is 1.88 bits per heavy atom. The van der Waals surface area contributed by atoms with Gasteiger partial charge in [0.25, 0.3) is 5.91 Å². The molecule has 1 N–H and O–H groups in total. The van der Waals surface area contributed by atoms with Crippen LogP contribution < -0.4 is 5.32 Å². The number of benzene rings is 1. The van der Waals surface area contributed by atoms with E-state index < -0.39 is 0 Å². The lowest BCUT2D eigenvalue weighted by Gasteiger charge is -2.05. The molecule has 4 nitrogen and oxygen atoms in total. The van der Waals surface area contributed by atoms with E-state index in [0.29, 0.717) is 16.1 Å². The van der Waals surface area contributed by atoms with Crippen molar-refractivity contribution in [3.8, 4) is 17.2 Å². The van der Waals surface area contributed by atoms with E-state index in [1.165, 1.54) is 16.9 Å². The van der Waals surface area contributed by atoms with Crippen molar-refractivity contribution in [2.24, 2.45) is 0 Å². The van der Waals surface area contributed by atoms with E-state index in [2.05, 4.69) is 35.4 Å². The lowest BCUT2D eigenvalue weighted by atomic mass is 10.00. The van der Waals surface area contributed by atoms with Crippen LogP contribution in [-0.4, -0.2) is 10.9 Å². The zero-order chi connectivity index (χ0) is 17.8. The molecule has 0 atom stereocenters. The Morgan fingerprint density at radius 3 is 2.48 bits per heavy atom. The van der Waals surface area contributed by atoms with Gasteiger partial charge in [0.15, 0.2) is 0 Å². The molecule has 5 heteroatoms. The molecule has 1 amide bonds. The molecule has 0 saturated carbocycles. The largest absolute Gasteiger partial charge is 0.312 e. The van der Waals surface area contributed by atoms with E-state index in [1.807, 2.05) is 19.1 Å². The van der Waals surface area contributed by atoms with E-state index in [4.69, 9.17) is 0 Å². The lowest BCUT2D eigenvalue weighted by Crippen LogP contribution is -2.11. The van der Waals surface area contributed by atoms with Gasteiger partial charge in [-0.2, -0.15) is 5.26 Å². The first-order valence-electron chi connectivity index (χ1n) is 7.98. The predicted octanol–water partition coefficient (Wildman–Crippen LogP) is 4.80. The molecule has 2 heterocycles. The second-order valence-corrected chi connectivity index (χ2v) is 6.81. The van der Waals surface area contributed by atoms with Crippen molar-refractivity contribution in [2.75, 3.05) is 5.32 Å². The second kappa shape index (κ2) is 7.29. The predicted molar refractivity (Wildman–Crippen MR) is 101 cm³/mol. The number of anilines is 1. The molecule has 25 heavy (non-hydrogen) atoms. The smallest absolute Gasteiger partial charge is 0.256 e. The van der Waals surface area contributed by atoms with Gasteiger partial charge in [-0.15, -0.1) is 11.3 Å². The average Bonchev–Trinajstić information content (AvgIpc) is 2.97. The van der Waals surface area contributed by atoms with Gasteiger partial charge in [0.1, 0.15) is 11.1 Å². The molecule has 2 aromatic heterocycles. The number of aromatic nitrogens is 1. The molecule has 0 saturated heterocycles. The molecule has 1 aromatic carbocycles. The normalized spacial score (nSPS) is 10.3. The molecular formula is C20H17N3OS. The number of carbonyl (C=O) groups is 1. The van der Waals surface area contributed by atoms with Crippen LogP contribution in [0.4, 0.5) is 5.00 Å². The van der Waals surface area contributed by atoms with Crippen LogP contribution in [0.3, 0.4) is 0 Å². The summed E-state index contributed by atoms with van der Waals surface area (Å²) < 4.78 is 0. The van der Waals surface area contributed by atoms with Gasteiger partial charge in [-0.1, -0.05) is 31.2 Å². The molecule has 124 valence electrons. The summed E-state index contributed by atoms with van der Waals surface area (Å²) in [4.78, 5) is 17.3. The van der Waals surface area contributed by atoms with Gasteiger partial charge in [0.2, 0.25) is 0 Å². The van der Waals surface area contributed by atoms with Gasteiger partial charge >= 0.3 is 0 Å². The van der Waals surface area contributed by atoms with Crippen LogP contribution in [0.25, 0.3) is 11.1 Å². The Kier molecular flexibility index (Phi) is 4.92. The van der Waals surface area contributed by atoms with Crippen LogP contribution in [0.1, 0.15) is 33.3 Å². The number of carbonyl (C=O) groups excluding carboxylic acids is 1. The highest BCUT2D eigenvalue weighted by Crippen LogP contribution is 2.39. The third kappa shape index (κ3) is 3.44. The van der Waals surface area contributed by atoms with E-state index in [0.717, 1.165) is 22.4 Å². The summed E-state index contributed by atoms with van der Waals surface area (Å²) in [6.07, 6.45) is 4.11. The first-order chi connectivity index (χ1) is 12.1. The minimum absolute atomic E-state index is 0.243. The van der Waals surface area contributed by atoms with Crippen LogP contribution in [0.15, 0.2) is 48.8 Å². The molecule has 0 radical (unpaired) electrons. The molecule has 0 unspecified atom stereocenters. The fraction of sp³-hybridized carbons (Fsp3) is 0.150. The van der Waals surface area contributed by atoms with Gasteiger partial charge in [-0.3, -0.25) is 9.78 Å². The molecule has 0 aliphatic heterocycles. The van der Waals surface area contributed by atoms with Crippen molar-refractivity contribution in [3.05, 3.63) is 70.4 Å². The Hall–Kier alpha value is -2.97. The highest BCUT2D eigenvalue weighted by Gasteiger charge is 2.19. The van der Waals surface area contributed by atoms with Crippen molar-refractivity contribution >= 4 is 22.2 Å². The lowest BCUT2D eigenvalue weighted by molar-refractivity contribution is 0.102. The fourth-order valence-electron chi connectivity index (χ4n) is 2.67. The van der Waals surface area contributed by atoms with Crippen LogP contribution in [-0.2, 0) is 6.42 Å². The third-order valence-corrected chi connectivity index (χ3v) is 5.04. The second-order valence-electron chi connectivity index (χ2n) is 5.59. The molecule has 0 aliphatic rings. The minimum Gasteiger partial charge on any atom is -0.312 e. The number of thiophene rings is 1. The first kappa shape index (κ1) is 16.9. The van der Waals surface area contributed by atoms with Crippen molar-refractivity contribution in [2.45, 2.75) is 20.3 Å². The summed E-state index contributed by atoms with van der Waals surface area (Å²) in [6.45, 7) is 4.08. The number of rotatable bonds is 4. The quantitative estimate of drug-likeness (QED) is 0.737. The minimum atomic E-state index is -0.243. The highest BCUT2D eigenvalue weighted by atomic mass is 32.1. The Morgan fingerprint density at radius 1 is 1.20 bits per heavy atom. The van der Waals surface area contributed by atoms with Crippen LogP contribution in [0.2, 0.25) is 0 Å². The van der Waals surface area contributed by atoms with Gasteiger partial charge in [-0.25, -0.2) is 0 Å². The van der Waals surface area contributed by atoms with Crippen LogP contribution >= 0.6 is 11.3 Å². The average molecular weight is 347 g/mol. The standard InChI is InChI=1S/C20H17N3OS/c1-3-14-4-6-15(7-5-14)18-13(2)25-20(17(18)12-21)23-19(24)16-8-10-22-11-9-16/h4-11H,3H2,1-2H3,(H,23,24). The third-order valence-electron chi connectivity index (χ3n) is 4.02. The van der Waals surface area contributed by atoms with Gasteiger partial charge < -0.3 is 5.32 Å². The number of pyridine rings is 1. The topological polar surface area (TPSA) is 65.8 Å². The van der Waals surface area contributed by atoms with Crippen molar-refractivity contribution in [1.29, 1.82) is 5.26 Å². The molecular weight excluding hydrogens is 330 g/mol. The van der Waals surface area contributed by atoms with Crippen molar-refractivity contribution in [3.63, 3.8) is 0 Å². The Labute approximate surface area is 150 Å². The number of nitrogens with one attached hydrogen (secondary N) is 1. The van der Waals surface area contributed by atoms with Crippen molar-refractivity contribution < 1.29 is 4.79 Å². The summed E-state index contributed by atoms with van der Waals surface area (Å²) in [5.41, 5.74) is 4.15. The maximum Gasteiger partial charge on any atom is 0.256 e. The first-order valence-corrected chi connectivity index (χ1v) is 8.79. The molecule has 0 fully saturated rings. The Bertz CT molecular complexity index is 938. The number of nitrogens with zero attached hydrogens (tertiary/aromatic N) is 2.